The van der Waals surface area contributed by atoms with Crippen molar-refractivity contribution in [2.24, 2.45) is 23.5 Å². The molecule has 6 N–H and O–H groups in total. The van der Waals surface area contributed by atoms with Gasteiger partial charge in [-0.3, -0.25) is 14.4 Å². The molecule has 6 atom stereocenters. The van der Waals surface area contributed by atoms with E-state index in [0.717, 1.165) is 0 Å². The number of aliphatic hydroxyl groups is 3. The van der Waals surface area contributed by atoms with Crippen molar-refractivity contribution in [3.63, 3.8) is 0 Å². The summed E-state index contributed by atoms with van der Waals surface area (Å²) in [5.41, 5.74) is 3.51. The Morgan fingerprint density at radius 1 is 1.18 bits per heavy atom. The molecule has 3 aliphatic carbocycles. The lowest BCUT2D eigenvalue weighted by Crippen LogP contribution is -2.73. The Balaban J connectivity index is 1.92. The fourth-order valence-electron chi connectivity index (χ4n) is 6.18. The summed E-state index contributed by atoms with van der Waals surface area (Å²) in [6, 6.07) is 2.70. The maximum Gasteiger partial charge on any atom is 0.230 e. The van der Waals surface area contributed by atoms with Crippen LogP contribution in [0.15, 0.2) is 17.7 Å². The van der Waals surface area contributed by atoms with Crippen LogP contribution in [0.2, 0.25) is 0 Å². The molecule has 9 heteroatoms. The van der Waals surface area contributed by atoms with Crippen molar-refractivity contribution in [1.82, 2.24) is 4.90 Å². The van der Waals surface area contributed by atoms with E-state index in [-0.39, 0.29) is 23.3 Å². The molecule has 2 unspecified atom stereocenters. The molecule has 0 heterocycles. The lowest BCUT2D eigenvalue weighted by molar-refractivity contribution is -0.184. The molecule has 4 rings (SSSR count). The molecule has 2 saturated carbocycles. The number of fused-ring (bicyclic) bond motifs is 3. The third-order valence-electron chi connectivity index (χ3n) is 7.77. The molecule has 3 aliphatic rings. The maximum atomic E-state index is 13.8. The van der Waals surface area contributed by atoms with E-state index >= 15 is 0 Å². The zero-order valence-electron chi connectivity index (χ0n) is 20.0. The first-order chi connectivity index (χ1) is 15.6. The lowest BCUT2D eigenvalue weighted by atomic mass is 9.54. The third-order valence-corrected chi connectivity index (χ3v) is 7.77. The van der Waals surface area contributed by atoms with Gasteiger partial charge in [-0.15, -0.1) is 0 Å². The van der Waals surface area contributed by atoms with E-state index in [1.54, 1.807) is 31.1 Å². The summed E-state index contributed by atoms with van der Waals surface area (Å²) in [4.78, 5) is 40.7. The molecule has 9 nitrogen and oxygen atoms in total. The number of aromatic hydroxyl groups is 1. The Hall–Kier alpha value is -2.75. The Bertz CT molecular complexity index is 1130. The average Bonchev–Trinajstić information content (AvgIpc) is 2.69. The van der Waals surface area contributed by atoms with Crippen molar-refractivity contribution in [3.8, 4) is 5.75 Å². The highest BCUT2D eigenvalue weighted by Crippen LogP contribution is 2.52. The number of hydrogen-bond donors (Lipinski definition) is 5. The summed E-state index contributed by atoms with van der Waals surface area (Å²) in [7, 11) is 3.25. The zero-order chi connectivity index (χ0) is 25.5. The highest BCUT2D eigenvalue weighted by Gasteiger charge is 2.67. The fraction of sp³-hybridized carbons (Fsp3) is 0.560. The number of hydrogen-bond acceptors (Lipinski definition) is 8. The number of rotatable bonds is 2. The first-order valence-electron chi connectivity index (χ1n) is 11.4. The SMILES string of the molecule is CN(C)[C@@H]1C(O)C(C(N)=O)C(=O)[C@@]2(O)C(=O)C3=C(O)c4c(ccc(C(C)(C)C)c4O)C[C@H]3C[C@@H]12. The molecule has 184 valence electrons. The van der Waals surface area contributed by atoms with Crippen LogP contribution < -0.4 is 5.73 Å². The summed E-state index contributed by atoms with van der Waals surface area (Å²) in [6.45, 7) is 5.71. The van der Waals surface area contributed by atoms with E-state index in [1.807, 2.05) is 20.8 Å². The van der Waals surface area contributed by atoms with Gasteiger partial charge in [-0.1, -0.05) is 32.9 Å². The van der Waals surface area contributed by atoms with Crippen LogP contribution in [0.25, 0.3) is 5.76 Å². The highest BCUT2D eigenvalue weighted by molar-refractivity contribution is 6.25. The molecule has 1 aromatic rings. The number of carbonyl (C=O) groups is 3. The van der Waals surface area contributed by atoms with Crippen LogP contribution in [-0.2, 0) is 26.2 Å². The summed E-state index contributed by atoms with van der Waals surface area (Å²) >= 11 is 0. The number of nitrogens with zero attached hydrogens (tertiary/aromatic N) is 1. The van der Waals surface area contributed by atoms with E-state index in [9.17, 15) is 34.8 Å². The van der Waals surface area contributed by atoms with E-state index in [4.69, 9.17) is 5.73 Å². The Kier molecular flexibility index (Phi) is 5.47. The van der Waals surface area contributed by atoms with Crippen LogP contribution in [0.3, 0.4) is 0 Å². The van der Waals surface area contributed by atoms with Gasteiger partial charge in [-0.2, -0.15) is 0 Å². The Labute approximate surface area is 197 Å². The first kappa shape index (κ1) is 24.4. The van der Waals surface area contributed by atoms with Crippen LogP contribution in [0.1, 0.15) is 43.9 Å². The quantitative estimate of drug-likeness (QED) is 0.387. The highest BCUT2D eigenvalue weighted by atomic mass is 16.3. The topological polar surface area (TPSA) is 161 Å². The molecule has 0 aliphatic heterocycles. The number of phenolic OH excluding ortho intramolecular Hbond substituents is 1. The number of amides is 1. The van der Waals surface area contributed by atoms with Gasteiger partial charge < -0.3 is 31.1 Å². The normalized spacial score (nSPS) is 33.5. The van der Waals surface area contributed by atoms with E-state index in [2.05, 4.69) is 0 Å². The van der Waals surface area contributed by atoms with Gasteiger partial charge in [0.15, 0.2) is 11.4 Å². The van der Waals surface area contributed by atoms with Gasteiger partial charge in [0, 0.05) is 23.1 Å². The van der Waals surface area contributed by atoms with Crippen molar-refractivity contribution >= 4 is 23.2 Å². The van der Waals surface area contributed by atoms with Gasteiger partial charge in [-0.05, 0) is 43.8 Å². The van der Waals surface area contributed by atoms with Crippen LogP contribution >= 0.6 is 0 Å². The third kappa shape index (κ3) is 3.14. The van der Waals surface area contributed by atoms with Gasteiger partial charge in [0.2, 0.25) is 11.7 Å². The monoisotopic (exact) mass is 472 g/mol. The average molecular weight is 473 g/mol. The second-order valence-corrected chi connectivity index (χ2v) is 11.0. The molecular weight excluding hydrogens is 440 g/mol. The van der Waals surface area contributed by atoms with E-state index in [1.165, 1.54) is 0 Å². The van der Waals surface area contributed by atoms with E-state index in [0.29, 0.717) is 17.5 Å². The second kappa shape index (κ2) is 7.63. The molecule has 0 saturated heterocycles. The van der Waals surface area contributed by atoms with Crippen LogP contribution in [0.5, 0.6) is 5.75 Å². The molecular formula is C25H32N2O7. The number of likely N-dealkylation sites (N-methyl/N-ethyl adjacent to an activating group) is 1. The minimum absolute atomic E-state index is 0.111. The molecule has 0 aromatic heterocycles. The summed E-state index contributed by atoms with van der Waals surface area (Å²) < 4.78 is 0. The smallest absolute Gasteiger partial charge is 0.230 e. The molecule has 0 spiro atoms. The zero-order valence-corrected chi connectivity index (χ0v) is 20.0. The molecule has 0 radical (unpaired) electrons. The van der Waals surface area contributed by atoms with Crippen molar-refractivity contribution < 1.29 is 34.8 Å². The number of phenols is 1. The fourth-order valence-corrected chi connectivity index (χ4v) is 6.18. The predicted octanol–water partition coefficient (Wildman–Crippen LogP) is 0.427. The standard InChI is InChI=1S/C25H32N2O7/c1-24(2,3)12-7-6-10-8-11-9-13-17(27(4)5)20(30)16(23(26)33)22(32)25(13,34)21(31)15(11)19(29)14(10)18(12)28/h6-7,11,13,16-17,20,28-30,34H,8-9H2,1-5H3,(H2,26,33)/t11-,13-,16?,17-,20?,25-/m0/s1. The minimum Gasteiger partial charge on any atom is -0.507 e. The summed E-state index contributed by atoms with van der Waals surface area (Å²) in [5, 5.41) is 44.6. The number of primary amides is 1. The number of nitrogens with two attached hydrogens (primary N) is 1. The lowest BCUT2D eigenvalue weighted by Gasteiger charge is -2.53. The molecule has 1 amide bonds. The first-order valence-corrected chi connectivity index (χ1v) is 11.4. The number of Topliss-reactive ketones (excluding diaryl/α,β-unsaturated/α-hetero) is 2. The number of benzene rings is 1. The largest absolute Gasteiger partial charge is 0.507 e. The van der Waals surface area contributed by atoms with Crippen LogP contribution in [0.4, 0.5) is 0 Å². The molecule has 34 heavy (non-hydrogen) atoms. The van der Waals surface area contributed by atoms with Gasteiger partial charge in [0.05, 0.1) is 11.7 Å². The number of ketones is 2. The van der Waals surface area contributed by atoms with Crippen LogP contribution in [-0.4, -0.2) is 74.6 Å². The van der Waals surface area contributed by atoms with Gasteiger partial charge >= 0.3 is 0 Å². The van der Waals surface area contributed by atoms with Crippen molar-refractivity contribution in [3.05, 3.63) is 34.4 Å². The van der Waals surface area contributed by atoms with Crippen molar-refractivity contribution in [2.45, 2.75) is 56.8 Å². The van der Waals surface area contributed by atoms with Gasteiger partial charge in [0.25, 0.3) is 0 Å². The Morgan fingerprint density at radius 3 is 2.32 bits per heavy atom. The van der Waals surface area contributed by atoms with Crippen molar-refractivity contribution in [2.75, 3.05) is 14.1 Å². The maximum absolute atomic E-state index is 13.8. The van der Waals surface area contributed by atoms with E-state index < -0.39 is 64.1 Å². The summed E-state index contributed by atoms with van der Waals surface area (Å²) in [6.07, 6.45) is -1.08. The van der Waals surface area contributed by atoms with Crippen LogP contribution in [0, 0.1) is 17.8 Å². The summed E-state index contributed by atoms with van der Waals surface area (Å²) in [5.74, 6) is -7.24. The van der Waals surface area contributed by atoms with Crippen molar-refractivity contribution in [1.29, 1.82) is 0 Å². The Morgan fingerprint density at radius 2 is 1.79 bits per heavy atom. The molecule has 0 bridgehead atoms. The number of aliphatic hydroxyl groups excluding tert-OH is 2. The van der Waals surface area contributed by atoms with Gasteiger partial charge in [0.1, 0.15) is 17.4 Å². The minimum atomic E-state index is -2.64. The predicted molar refractivity (Wildman–Crippen MR) is 123 cm³/mol. The van der Waals surface area contributed by atoms with Gasteiger partial charge in [-0.25, -0.2) is 0 Å². The molecule has 1 aromatic carbocycles. The molecule has 2 fully saturated rings. The second-order valence-electron chi connectivity index (χ2n) is 11.0. The number of carbonyl (C=O) groups excluding carboxylic acids is 3.